The highest BCUT2D eigenvalue weighted by Crippen LogP contribution is 2.38. The Labute approximate surface area is 224 Å². The van der Waals surface area contributed by atoms with Gasteiger partial charge in [-0.25, -0.2) is 8.42 Å². The van der Waals surface area contributed by atoms with Gasteiger partial charge in [0.25, 0.3) is 11.5 Å². The molecule has 4 rings (SSSR count). The zero-order valence-electron chi connectivity index (χ0n) is 22.1. The molecule has 0 atom stereocenters. The van der Waals surface area contributed by atoms with Crippen LogP contribution in [0.5, 0.6) is 0 Å². The van der Waals surface area contributed by atoms with Crippen molar-refractivity contribution >= 4 is 38.2 Å². The Hall–Kier alpha value is -3.79. The first kappa shape index (κ1) is 28.2. The number of nitriles is 1. The maximum Gasteiger partial charge on any atom is 0.322 e. The summed E-state index contributed by atoms with van der Waals surface area (Å²) >= 11 is 0. The van der Waals surface area contributed by atoms with Gasteiger partial charge >= 0.3 is 5.92 Å². The van der Waals surface area contributed by atoms with E-state index < -0.39 is 37.5 Å². The van der Waals surface area contributed by atoms with Crippen molar-refractivity contribution in [3.05, 3.63) is 46.9 Å². The number of piperidine rings is 1. The molecule has 3 aromatic rings. The van der Waals surface area contributed by atoms with Gasteiger partial charge in [-0.15, -0.1) is 0 Å². The molecule has 1 fully saturated rings. The van der Waals surface area contributed by atoms with Crippen LogP contribution in [0.15, 0.2) is 46.2 Å². The third-order valence-electron chi connectivity index (χ3n) is 7.05. The number of benzene rings is 1. The second-order valence-corrected chi connectivity index (χ2v) is 13.5. The van der Waals surface area contributed by atoms with Crippen molar-refractivity contribution in [3.63, 3.8) is 0 Å². The number of amides is 1. The van der Waals surface area contributed by atoms with Gasteiger partial charge in [-0.2, -0.15) is 19.1 Å². The summed E-state index contributed by atoms with van der Waals surface area (Å²) in [5.41, 5.74) is -0.453. The highest BCUT2D eigenvalue weighted by molar-refractivity contribution is 7.92. The van der Waals surface area contributed by atoms with Gasteiger partial charge in [-0.3, -0.25) is 14.3 Å². The first-order valence-corrected chi connectivity index (χ1v) is 13.9. The van der Waals surface area contributed by atoms with Gasteiger partial charge in [-0.1, -0.05) is 0 Å². The number of likely N-dealkylation sites (tertiary alicyclic amines) is 1. The predicted octanol–water partition coefficient (Wildman–Crippen LogP) is 3.93. The molecule has 10 nitrogen and oxygen atoms in total. The number of aromatic amines is 1. The van der Waals surface area contributed by atoms with Gasteiger partial charge in [0.05, 0.1) is 33.2 Å². The van der Waals surface area contributed by atoms with E-state index in [1.165, 1.54) is 18.3 Å². The van der Waals surface area contributed by atoms with Gasteiger partial charge in [0.2, 0.25) is 0 Å². The molecule has 208 valence electrons. The number of carbonyl (C=O) groups is 1. The second kappa shape index (κ2) is 9.75. The lowest BCUT2D eigenvalue weighted by Gasteiger charge is -2.41. The van der Waals surface area contributed by atoms with E-state index in [-0.39, 0.29) is 48.5 Å². The van der Waals surface area contributed by atoms with Crippen LogP contribution in [-0.2, 0) is 20.2 Å². The molecule has 2 N–H and O–H groups in total. The smallest absolute Gasteiger partial charge is 0.322 e. The van der Waals surface area contributed by atoms with Crippen LogP contribution >= 0.6 is 0 Å². The van der Waals surface area contributed by atoms with Crippen LogP contribution in [0, 0.1) is 11.3 Å². The Balaban J connectivity index is 1.72. The molecule has 3 heterocycles. The molecule has 1 aromatic carbocycles. The molecule has 0 spiro atoms. The maximum atomic E-state index is 13.6. The molecular weight excluding hydrogens is 530 g/mol. The average Bonchev–Trinajstić information content (AvgIpc) is 3.23. The van der Waals surface area contributed by atoms with Crippen molar-refractivity contribution in [2.24, 2.45) is 0 Å². The van der Waals surface area contributed by atoms with E-state index in [0.717, 1.165) is 4.90 Å². The molecule has 1 amide bonds. The van der Waals surface area contributed by atoms with Gasteiger partial charge in [-0.05, 0) is 63.9 Å². The summed E-state index contributed by atoms with van der Waals surface area (Å²) in [5.74, 6) is -4.58. The predicted molar refractivity (Wildman–Crippen MR) is 142 cm³/mol. The minimum Gasteiger partial charge on any atom is -0.338 e. The molecule has 0 saturated carbocycles. The van der Waals surface area contributed by atoms with Crippen LogP contribution in [-0.4, -0.2) is 57.7 Å². The molecule has 0 unspecified atom stereocenters. The number of hydrogen-bond acceptors (Lipinski definition) is 7. The molecule has 0 bridgehead atoms. The number of nitrogens with zero attached hydrogens (tertiary/aromatic N) is 4. The van der Waals surface area contributed by atoms with Gasteiger partial charge < -0.3 is 15.2 Å². The van der Waals surface area contributed by atoms with Crippen molar-refractivity contribution in [1.29, 1.82) is 5.26 Å². The van der Waals surface area contributed by atoms with E-state index in [4.69, 9.17) is 0 Å². The number of anilines is 2. The van der Waals surface area contributed by atoms with Gasteiger partial charge in [0.1, 0.15) is 5.39 Å². The Morgan fingerprint density at radius 3 is 2.31 bits per heavy atom. The fraction of sp³-hybridized carbons (Fsp3) is 0.462. The third kappa shape index (κ3) is 5.13. The third-order valence-corrected chi connectivity index (χ3v) is 9.56. The summed E-state index contributed by atoms with van der Waals surface area (Å²) in [6, 6.07) is 9.87. The molecule has 1 aliphatic heterocycles. The number of H-pyrrole nitrogens is 1. The van der Waals surface area contributed by atoms with Gasteiger partial charge in [0, 0.05) is 31.9 Å². The molecule has 1 saturated heterocycles. The zero-order chi connectivity index (χ0) is 28.8. The number of alkyl halides is 2. The summed E-state index contributed by atoms with van der Waals surface area (Å²) in [6.45, 7) is 5.41. The molecule has 13 heteroatoms. The summed E-state index contributed by atoms with van der Waals surface area (Å²) in [5, 5.41) is 17.6. The minimum absolute atomic E-state index is 0.000954. The second-order valence-electron chi connectivity index (χ2n) is 10.8. The van der Waals surface area contributed by atoms with Crippen molar-refractivity contribution in [2.75, 3.05) is 18.4 Å². The van der Waals surface area contributed by atoms with Crippen LogP contribution in [0.2, 0.25) is 0 Å². The number of nitrogens with one attached hydrogen (secondary N) is 2. The first-order valence-electron chi connectivity index (χ1n) is 12.4. The van der Waals surface area contributed by atoms with E-state index in [9.17, 15) is 32.0 Å². The SMILES string of the molecule is CC(F)(F)C(=O)N1CCC(CC#N)(n2nc(Nc3ccc(S(=O)(=O)C(C)(C)C)cc3)c3c(=O)[nH]ccc32)CC1. The number of pyridine rings is 1. The topological polar surface area (TPSA) is 141 Å². The van der Waals surface area contributed by atoms with Crippen molar-refractivity contribution < 1.29 is 22.0 Å². The Morgan fingerprint density at radius 2 is 1.77 bits per heavy atom. The van der Waals surface area contributed by atoms with Crippen LogP contribution in [0.3, 0.4) is 0 Å². The number of fused-ring (bicyclic) bond motifs is 1. The lowest BCUT2D eigenvalue weighted by Crippen LogP contribution is -2.51. The molecule has 0 radical (unpaired) electrons. The molecule has 0 aliphatic carbocycles. The van der Waals surface area contributed by atoms with E-state index in [1.54, 1.807) is 43.7 Å². The van der Waals surface area contributed by atoms with E-state index in [1.807, 2.05) is 0 Å². The summed E-state index contributed by atoms with van der Waals surface area (Å²) in [4.78, 5) is 28.8. The molecule has 2 aromatic heterocycles. The highest BCUT2D eigenvalue weighted by Gasteiger charge is 2.44. The number of carbonyl (C=O) groups excluding carboxylic acids is 1. The summed E-state index contributed by atoms with van der Waals surface area (Å²) < 4.78 is 53.4. The number of halogens is 2. The van der Waals surface area contributed by atoms with E-state index in [0.29, 0.717) is 18.1 Å². The summed E-state index contributed by atoms with van der Waals surface area (Å²) in [7, 11) is -3.56. The van der Waals surface area contributed by atoms with Crippen molar-refractivity contribution in [2.45, 2.75) is 68.1 Å². The number of hydrogen-bond donors (Lipinski definition) is 2. The lowest BCUT2D eigenvalue weighted by molar-refractivity contribution is -0.157. The van der Waals surface area contributed by atoms with Gasteiger partial charge in [0.15, 0.2) is 15.7 Å². The maximum absolute atomic E-state index is 13.6. The standard InChI is InChI=1S/C26H30F2N6O4S/c1-24(2,3)39(37,38)18-7-5-17(6-8-18)31-21-20-19(9-14-30-22(20)35)34(32-21)26(10-13-29)11-15-33(16-12-26)23(36)25(4,27)28/h5-9,14H,10-12,15-16H2,1-4H3,(H,30,35)(H,31,32). The number of aromatic nitrogens is 3. The number of sulfone groups is 1. The monoisotopic (exact) mass is 560 g/mol. The van der Waals surface area contributed by atoms with Crippen LogP contribution < -0.4 is 10.9 Å². The Bertz CT molecular complexity index is 1600. The summed E-state index contributed by atoms with van der Waals surface area (Å²) in [6.07, 6.45) is 1.81. The van der Waals surface area contributed by atoms with E-state index in [2.05, 4.69) is 21.5 Å². The quantitative estimate of drug-likeness (QED) is 0.465. The Morgan fingerprint density at radius 1 is 1.15 bits per heavy atom. The lowest BCUT2D eigenvalue weighted by atomic mass is 9.84. The van der Waals surface area contributed by atoms with Crippen LogP contribution in [0.25, 0.3) is 10.9 Å². The fourth-order valence-electron chi connectivity index (χ4n) is 4.75. The molecule has 1 aliphatic rings. The largest absolute Gasteiger partial charge is 0.338 e. The average molecular weight is 561 g/mol. The first-order chi connectivity index (χ1) is 18.1. The Kier molecular flexibility index (Phi) is 7.06. The highest BCUT2D eigenvalue weighted by atomic mass is 32.2. The number of rotatable bonds is 6. The molecular formula is C26H30F2N6O4S. The minimum atomic E-state index is -3.56. The van der Waals surface area contributed by atoms with Crippen molar-refractivity contribution in [1.82, 2.24) is 19.7 Å². The van der Waals surface area contributed by atoms with Crippen LogP contribution in [0.4, 0.5) is 20.3 Å². The fourth-order valence-corrected chi connectivity index (χ4v) is 5.95. The van der Waals surface area contributed by atoms with Crippen LogP contribution in [0.1, 0.15) is 47.0 Å². The van der Waals surface area contributed by atoms with Crippen molar-refractivity contribution in [3.8, 4) is 6.07 Å². The van der Waals surface area contributed by atoms with E-state index >= 15 is 0 Å². The normalized spacial score (nSPS) is 16.2. The molecule has 39 heavy (non-hydrogen) atoms. The zero-order valence-corrected chi connectivity index (χ0v) is 22.9.